The number of nitrogens with zero attached hydrogens (tertiary/aromatic N) is 2. The van der Waals surface area contributed by atoms with Crippen LogP contribution in [0.4, 0.5) is 5.69 Å². The highest BCUT2D eigenvalue weighted by molar-refractivity contribution is 9.10. The Balaban J connectivity index is 2.07. The average molecular weight is 378 g/mol. The number of rotatable bonds is 7. The van der Waals surface area contributed by atoms with Gasteiger partial charge in [-0.1, -0.05) is 13.3 Å². The number of halogens is 1. The molecule has 1 aromatic rings. The predicted molar refractivity (Wildman–Crippen MR) is 86.4 cm³/mol. The molecule has 1 heterocycles. The quantitative estimate of drug-likeness (QED) is 0.781. The van der Waals surface area contributed by atoms with E-state index in [0.717, 1.165) is 12.8 Å². The molecule has 1 N–H and O–H groups in total. The molecule has 1 aliphatic carbocycles. The highest BCUT2D eigenvalue weighted by Crippen LogP contribution is 2.27. The summed E-state index contributed by atoms with van der Waals surface area (Å²) in [7, 11) is -3.04. The van der Waals surface area contributed by atoms with Gasteiger partial charge in [-0.15, -0.1) is 0 Å². The Hall–Kier alpha value is -0.890. The summed E-state index contributed by atoms with van der Waals surface area (Å²) in [5.74, 6) is 0.656. The van der Waals surface area contributed by atoms with Crippen molar-refractivity contribution in [2.24, 2.45) is 5.92 Å². The van der Waals surface area contributed by atoms with Crippen LogP contribution in [-0.4, -0.2) is 36.2 Å². The molecule has 0 spiro atoms. The molecule has 0 atom stereocenters. The molecule has 2 rings (SSSR count). The molecule has 21 heavy (non-hydrogen) atoms. The molecule has 0 saturated heterocycles. The summed E-state index contributed by atoms with van der Waals surface area (Å²) in [6.45, 7) is 2.47. The number of nitrogens with one attached hydrogen (secondary N) is 1. The monoisotopic (exact) mass is 377 g/mol. The molecule has 0 bridgehead atoms. The lowest BCUT2D eigenvalue weighted by Crippen LogP contribution is -2.31. The van der Waals surface area contributed by atoms with E-state index in [1.54, 1.807) is 13.1 Å². The van der Waals surface area contributed by atoms with Crippen LogP contribution in [0.3, 0.4) is 0 Å². The third-order valence-electron chi connectivity index (χ3n) is 3.81. The topological polar surface area (TPSA) is 81.1 Å². The number of anilines is 1. The summed E-state index contributed by atoms with van der Waals surface area (Å²) >= 11 is 3.29. The van der Waals surface area contributed by atoms with E-state index in [2.05, 4.69) is 26.3 Å². The van der Waals surface area contributed by atoms with Gasteiger partial charge in [-0.3, -0.25) is 4.79 Å². The van der Waals surface area contributed by atoms with Crippen LogP contribution >= 0.6 is 15.9 Å². The lowest BCUT2D eigenvalue weighted by atomic mass is 9.85. The van der Waals surface area contributed by atoms with Crippen molar-refractivity contribution in [1.29, 1.82) is 0 Å². The molecule has 6 nitrogen and oxygen atoms in total. The van der Waals surface area contributed by atoms with Crippen LogP contribution in [0.5, 0.6) is 0 Å². The van der Waals surface area contributed by atoms with Gasteiger partial charge in [0, 0.05) is 18.8 Å². The van der Waals surface area contributed by atoms with Crippen LogP contribution in [-0.2, 0) is 16.4 Å². The maximum atomic E-state index is 12.3. The Labute approximate surface area is 133 Å². The molecular formula is C13H20BrN3O3S. The zero-order chi connectivity index (χ0) is 15.5. The van der Waals surface area contributed by atoms with Crippen molar-refractivity contribution in [3.05, 3.63) is 21.0 Å². The normalized spacial score (nSPS) is 15.7. The second kappa shape index (κ2) is 6.91. The van der Waals surface area contributed by atoms with Gasteiger partial charge in [-0.2, -0.15) is 5.10 Å². The van der Waals surface area contributed by atoms with Gasteiger partial charge in [0.05, 0.1) is 16.4 Å². The Morgan fingerprint density at radius 3 is 2.76 bits per heavy atom. The summed E-state index contributed by atoms with van der Waals surface area (Å²) in [5, 5.41) is 7.05. The molecule has 0 aromatic carbocycles. The Bertz CT molecular complexity index is 653. The molecule has 0 aliphatic heterocycles. The van der Waals surface area contributed by atoms with E-state index in [0.29, 0.717) is 22.6 Å². The van der Waals surface area contributed by atoms with Gasteiger partial charge in [0.25, 0.3) is 5.56 Å². The van der Waals surface area contributed by atoms with Crippen LogP contribution in [0.25, 0.3) is 0 Å². The second-order valence-corrected chi connectivity index (χ2v) is 8.64. The van der Waals surface area contributed by atoms with Crippen LogP contribution in [0, 0.1) is 5.92 Å². The van der Waals surface area contributed by atoms with Crippen LogP contribution in [0.2, 0.25) is 0 Å². The Morgan fingerprint density at radius 2 is 2.19 bits per heavy atom. The van der Waals surface area contributed by atoms with E-state index in [4.69, 9.17) is 0 Å². The minimum absolute atomic E-state index is 0.0142. The van der Waals surface area contributed by atoms with E-state index in [-0.39, 0.29) is 23.6 Å². The number of hydrogen-bond acceptors (Lipinski definition) is 5. The first-order chi connectivity index (χ1) is 9.93. The largest absolute Gasteiger partial charge is 0.379 e. The molecule has 1 fully saturated rings. The fraction of sp³-hybridized carbons (Fsp3) is 0.692. The summed E-state index contributed by atoms with van der Waals surface area (Å²) < 4.78 is 25.0. The van der Waals surface area contributed by atoms with E-state index < -0.39 is 9.84 Å². The van der Waals surface area contributed by atoms with E-state index in [9.17, 15) is 13.2 Å². The first-order valence-corrected chi connectivity index (χ1v) is 9.74. The van der Waals surface area contributed by atoms with Gasteiger partial charge < -0.3 is 5.32 Å². The summed E-state index contributed by atoms with van der Waals surface area (Å²) in [6, 6.07) is 0. The number of hydrogen-bond donors (Lipinski definition) is 1. The highest BCUT2D eigenvalue weighted by atomic mass is 79.9. The summed E-state index contributed by atoms with van der Waals surface area (Å²) in [4.78, 5) is 12.3. The predicted octanol–water partition coefficient (Wildman–Crippen LogP) is 1.65. The first kappa shape index (κ1) is 16.5. The highest BCUT2D eigenvalue weighted by Gasteiger charge is 2.20. The lowest BCUT2D eigenvalue weighted by molar-refractivity contribution is 0.262. The molecule has 0 radical (unpaired) electrons. The van der Waals surface area contributed by atoms with Crippen molar-refractivity contribution < 1.29 is 8.42 Å². The zero-order valence-electron chi connectivity index (χ0n) is 12.0. The van der Waals surface area contributed by atoms with Gasteiger partial charge >= 0.3 is 0 Å². The third-order valence-corrected chi connectivity index (χ3v) is 6.12. The smallest absolute Gasteiger partial charge is 0.291 e. The lowest BCUT2D eigenvalue weighted by Gasteiger charge is -2.25. The molecule has 1 aromatic heterocycles. The molecular weight excluding hydrogens is 358 g/mol. The average Bonchev–Trinajstić information content (AvgIpc) is 2.39. The fourth-order valence-electron chi connectivity index (χ4n) is 2.15. The van der Waals surface area contributed by atoms with Crippen molar-refractivity contribution >= 4 is 31.5 Å². The summed E-state index contributed by atoms with van der Waals surface area (Å²) in [6.07, 6.45) is 5.08. The molecule has 8 heteroatoms. The van der Waals surface area contributed by atoms with E-state index in [1.807, 2.05) is 0 Å². The standard InChI is InChI=1S/C13H20BrN3O3S/c1-2-21(19,20)7-6-15-12-11(14)8-16-17(13(12)18)9-10-4-3-5-10/h8,10,15H,2-7,9H2,1H3. The molecule has 0 unspecified atom stereocenters. The van der Waals surface area contributed by atoms with Gasteiger partial charge in [-0.25, -0.2) is 13.1 Å². The minimum Gasteiger partial charge on any atom is -0.379 e. The van der Waals surface area contributed by atoms with E-state index in [1.165, 1.54) is 11.1 Å². The van der Waals surface area contributed by atoms with Gasteiger partial charge in [-0.05, 0) is 34.7 Å². The molecule has 0 amide bonds. The second-order valence-electron chi connectivity index (χ2n) is 5.31. The SMILES string of the molecule is CCS(=O)(=O)CCNc1c(Br)cnn(CC2CCC2)c1=O. The van der Waals surface area contributed by atoms with Gasteiger partial charge in [0.2, 0.25) is 0 Å². The van der Waals surface area contributed by atoms with Crippen molar-refractivity contribution in [3.8, 4) is 0 Å². The molecule has 1 aliphatic rings. The summed E-state index contributed by atoms with van der Waals surface area (Å²) in [5.41, 5.74) is 0.181. The fourth-order valence-corrected chi connectivity index (χ4v) is 3.26. The Kier molecular flexibility index (Phi) is 5.43. The molecule has 118 valence electrons. The van der Waals surface area contributed by atoms with Gasteiger partial charge in [0.1, 0.15) is 5.69 Å². The van der Waals surface area contributed by atoms with Gasteiger partial charge in [0.15, 0.2) is 9.84 Å². The van der Waals surface area contributed by atoms with Crippen LogP contribution in [0.15, 0.2) is 15.5 Å². The van der Waals surface area contributed by atoms with Crippen molar-refractivity contribution in [3.63, 3.8) is 0 Å². The maximum Gasteiger partial charge on any atom is 0.291 e. The maximum absolute atomic E-state index is 12.3. The number of aromatic nitrogens is 2. The third kappa shape index (κ3) is 4.29. The van der Waals surface area contributed by atoms with Crippen molar-refractivity contribution in [1.82, 2.24) is 9.78 Å². The van der Waals surface area contributed by atoms with Crippen molar-refractivity contribution in [2.45, 2.75) is 32.7 Å². The zero-order valence-corrected chi connectivity index (χ0v) is 14.4. The number of sulfone groups is 1. The first-order valence-electron chi connectivity index (χ1n) is 7.13. The van der Waals surface area contributed by atoms with Crippen molar-refractivity contribution in [2.75, 3.05) is 23.4 Å². The minimum atomic E-state index is -3.04. The molecule has 1 saturated carbocycles. The Morgan fingerprint density at radius 1 is 1.48 bits per heavy atom. The van der Waals surface area contributed by atoms with Crippen LogP contribution < -0.4 is 10.9 Å². The van der Waals surface area contributed by atoms with Crippen LogP contribution in [0.1, 0.15) is 26.2 Å². The van der Waals surface area contributed by atoms with E-state index >= 15 is 0 Å².